The smallest absolute Gasteiger partial charge is 0.221 e. The quantitative estimate of drug-likeness (QED) is 0.721. The minimum absolute atomic E-state index is 0.0398. The van der Waals surface area contributed by atoms with Crippen molar-refractivity contribution in [2.45, 2.75) is 25.2 Å². The lowest BCUT2D eigenvalue weighted by atomic mass is 10.2. The first-order chi connectivity index (χ1) is 7.72. The molecule has 5 nitrogen and oxygen atoms in total. The van der Waals surface area contributed by atoms with Gasteiger partial charge in [0.1, 0.15) is 10.8 Å². The minimum atomic E-state index is 0.0398. The van der Waals surface area contributed by atoms with Crippen LogP contribution < -0.4 is 16.4 Å². The van der Waals surface area contributed by atoms with Crippen LogP contribution >= 0.6 is 11.5 Å². The van der Waals surface area contributed by atoms with Gasteiger partial charge in [0.05, 0.1) is 0 Å². The van der Waals surface area contributed by atoms with Crippen molar-refractivity contribution in [2.75, 3.05) is 24.6 Å². The van der Waals surface area contributed by atoms with E-state index in [1.807, 2.05) is 0 Å². The Hall–Kier alpha value is -1.30. The number of carbonyl (C=O) groups excluding carboxylic acids is 1. The molecule has 0 bridgehead atoms. The largest absolute Gasteiger partial charge is 0.383 e. The molecule has 88 valence electrons. The first kappa shape index (κ1) is 11.2. The van der Waals surface area contributed by atoms with Gasteiger partial charge in [0.15, 0.2) is 0 Å². The number of carbonyl (C=O) groups is 1. The second kappa shape index (κ2) is 4.69. The van der Waals surface area contributed by atoms with E-state index in [0.29, 0.717) is 24.7 Å². The second-order valence-corrected chi connectivity index (χ2v) is 4.71. The molecule has 1 saturated carbocycles. The number of nitrogen functional groups attached to an aromatic ring is 1. The van der Waals surface area contributed by atoms with Gasteiger partial charge in [-0.25, -0.2) is 0 Å². The summed E-state index contributed by atoms with van der Waals surface area (Å²) in [5.41, 5.74) is 6.97. The number of nitrogens with one attached hydrogen (secondary N) is 2. The predicted octanol–water partition coefficient (Wildman–Crippen LogP) is 1.15. The predicted molar refractivity (Wildman–Crippen MR) is 65.7 cm³/mol. The van der Waals surface area contributed by atoms with Crippen LogP contribution in [0.4, 0.5) is 10.8 Å². The number of nitrogens with two attached hydrogens (primary N) is 1. The lowest BCUT2D eigenvalue weighted by Gasteiger charge is -2.05. The molecule has 2 rings (SSSR count). The van der Waals surface area contributed by atoms with Crippen molar-refractivity contribution in [3.63, 3.8) is 0 Å². The summed E-state index contributed by atoms with van der Waals surface area (Å²) >= 11 is 1.39. The van der Waals surface area contributed by atoms with Gasteiger partial charge < -0.3 is 16.4 Å². The molecular weight excluding hydrogens is 224 g/mol. The highest BCUT2D eigenvalue weighted by molar-refractivity contribution is 7.10. The van der Waals surface area contributed by atoms with Crippen molar-refractivity contribution >= 4 is 28.3 Å². The maximum Gasteiger partial charge on any atom is 0.221 e. The van der Waals surface area contributed by atoms with Crippen LogP contribution in [0, 0.1) is 0 Å². The van der Waals surface area contributed by atoms with Crippen LogP contribution in [0.5, 0.6) is 0 Å². The highest BCUT2D eigenvalue weighted by atomic mass is 32.1. The van der Waals surface area contributed by atoms with E-state index in [2.05, 4.69) is 15.0 Å². The van der Waals surface area contributed by atoms with Gasteiger partial charge in [-0.15, -0.1) is 0 Å². The third kappa shape index (κ3) is 2.44. The molecule has 1 aliphatic carbocycles. The SMILES string of the molecule is CNC(=O)CCNc1snc(N)c1C1CC1. The number of hydrogen-bond acceptors (Lipinski definition) is 5. The summed E-state index contributed by atoms with van der Waals surface area (Å²) in [7, 11) is 1.64. The van der Waals surface area contributed by atoms with Gasteiger partial charge in [-0.1, -0.05) is 0 Å². The van der Waals surface area contributed by atoms with Gasteiger partial charge in [0, 0.05) is 25.6 Å². The molecule has 1 fully saturated rings. The van der Waals surface area contributed by atoms with E-state index < -0.39 is 0 Å². The fourth-order valence-electron chi connectivity index (χ4n) is 1.62. The molecule has 0 saturated heterocycles. The van der Waals surface area contributed by atoms with E-state index in [4.69, 9.17) is 5.73 Å². The number of rotatable bonds is 5. The minimum Gasteiger partial charge on any atom is -0.383 e. The number of aromatic nitrogens is 1. The summed E-state index contributed by atoms with van der Waals surface area (Å²) in [5.74, 6) is 1.27. The van der Waals surface area contributed by atoms with Gasteiger partial charge in [0.25, 0.3) is 0 Å². The normalized spacial score (nSPS) is 14.8. The van der Waals surface area contributed by atoms with Gasteiger partial charge in [-0.2, -0.15) is 4.37 Å². The average molecular weight is 240 g/mol. The van der Waals surface area contributed by atoms with E-state index in [1.54, 1.807) is 7.05 Å². The highest BCUT2D eigenvalue weighted by Crippen LogP contribution is 2.47. The zero-order valence-electron chi connectivity index (χ0n) is 9.25. The van der Waals surface area contributed by atoms with E-state index in [0.717, 1.165) is 10.6 Å². The summed E-state index contributed by atoms with van der Waals surface area (Å²) in [6.45, 7) is 0.626. The molecule has 0 aliphatic heterocycles. The molecule has 0 aromatic carbocycles. The molecule has 1 aromatic heterocycles. The third-order valence-electron chi connectivity index (χ3n) is 2.66. The van der Waals surface area contributed by atoms with Crippen LogP contribution in [0.25, 0.3) is 0 Å². The van der Waals surface area contributed by atoms with Crippen LogP contribution in [0.1, 0.15) is 30.7 Å². The third-order valence-corrected chi connectivity index (χ3v) is 3.49. The number of hydrogen-bond donors (Lipinski definition) is 3. The Morgan fingerprint density at radius 2 is 2.38 bits per heavy atom. The van der Waals surface area contributed by atoms with Crippen molar-refractivity contribution in [1.82, 2.24) is 9.69 Å². The lowest BCUT2D eigenvalue weighted by Crippen LogP contribution is -2.20. The molecule has 1 heterocycles. The monoisotopic (exact) mass is 240 g/mol. The van der Waals surface area contributed by atoms with Gasteiger partial charge in [-0.3, -0.25) is 4.79 Å². The molecule has 6 heteroatoms. The summed E-state index contributed by atoms with van der Waals surface area (Å²) in [6, 6.07) is 0. The molecule has 0 spiro atoms. The highest BCUT2D eigenvalue weighted by Gasteiger charge is 2.30. The maximum atomic E-state index is 11.1. The van der Waals surface area contributed by atoms with Crippen LogP contribution in [-0.2, 0) is 4.79 Å². The van der Waals surface area contributed by atoms with Crippen molar-refractivity contribution in [3.05, 3.63) is 5.56 Å². The van der Waals surface area contributed by atoms with Crippen LogP contribution in [-0.4, -0.2) is 23.9 Å². The van der Waals surface area contributed by atoms with Crippen LogP contribution in [0.2, 0.25) is 0 Å². The standard InChI is InChI=1S/C10H16N4OS/c1-12-7(15)4-5-13-10-8(6-2-3-6)9(11)14-16-10/h6,13H,2-5H2,1H3,(H2,11,14)(H,12,15). The van der Waals surface area contributed by atoms with Gasteiger partial charge >= 0.3 is 0 Å². The summed E-state index contributed by atoms with van der Waals surface area (Å²) in [5, 5.41) is 6.86. The van der Waals surface area contributed by atoms with E-state index in [-0.39, 0.29) is 5.91 Å². The zero-order valence-corrected chi connectivity index (χ0v) is 10.1. The van der Waals surface area contributed by atoms with Crippen molar-refractivity contribution in [1.29, 1.82) is 0 Å². The average Bonchev–Trinajstić information content (AvgIpc) is 3.04. The fraction of sp³-hybridized carbons (Fsp3) is 0.600. The first-order valence-corrected chi connectivity index (χ1v) is 6.19. The van der Waals surface area contributed by atoms with Crippen LogP contribution in [0.3, 0.4) is 0 Å². The van der Waals surface area contributed by atoms with E-state index >= 15 is 0 Å². The Bertz CT molecular complexity index is 386. The second-order valence-electron chi connectivity index (χ2n) is 3.93. The first-order valence-electron chi connectivity index (χ1n) is 5.42. The van der Waals surface area contributed by atoms with Gasteiger partial charge in [-0.05, 0) is 30.3 Å². The molecular formula is C10H16N4OS. The molecule has 1 amide bonds. The number of anilines is 2. The summed E-state index contributed by atoms with van der Waals surface area (Å²) < 4.78 is 4.15. The molecule has 16 heavy (non-hydrogen) atoms. The maximum absolute atomic E-state index is 11.1. The van der Waals surface area contributed by atoms with Crippen molar-refractivity contribution in [2.24, 2.45) is 0 Å². The van der Waals surface area contributed by atoms with Crippen LogP contribution in [0.15, 0.2) is 0 Å². The molecule has 0 atom stereocenters. The summed E-state index contributed by atoms with van der Waals surface area (Å²) in [4.78, 5) is 11.1. The van der Waals surface area contributed by atoms with E-state index in [1.165, 1.54) is 24.4 Å². The summed E-state index contributed by atoms with van der Waals surface area (Å²) in [6.07, 6.45) is 2.87. The van der Waals surface area contributed by atoms with Crippen molar-refractivity contribution < 1.29 is 4.79 Å². The molecule has 0 radical (unpaired) electrons. The molecule has 1 aromatic rings. The zero-order chi connectivity index (χ0) is 11.5. The molecule has 1 aliphatic rings. The van der Waals surface area contributed by atoms with Crippen molar-refractivity contribution in [3.8, 4) is 0 Å². The Balaban J connectivity index is 1.91. The Morgan fingerprint density at radius 1 is 1.62 bits per heavy atom. The molecule has 4 N–H and O–H groups in total. The van der Waals surface area contributed by atoms with Gasteiger partial charge in [0.2, 0.25) is 5.91 Å². The van der Waals surface area contributed by atoms with E-state index in [9.17, 15) is 4.79 Å². The Kier molecular flexibility index (Phi) is 3.28. The Morgan fingerprint density at radius 3 is 3.00 bits per heavy atom. The fourth-order valence-corrected chi connectivity index (χ4v) is 2.44. The Labute approximate surface area is 98.6 Å². The topological polar surface area (TPSA) is 80.0 Å². The lowest BCUT2D eigenvalue weighted by molar-refractivity contribution is -0.120. The number of nitrogens with zero attached hydrogens (tertiary/aromatic N) is 1. The molecule has 0 unspecified atom stereocenters. The number of amides is 1.